The minimum Gasteiger partial charge on any atom is -0.483 e. The molecule has 0 aliphatic heterocycles. The van der Waals surface area contributed by atoms with E-state index in [2.05, 4.69) is 5.32 Å². The first-order chi connectivity index (χ1) is 15.4. The van der Waals surface area contributed by atoms with Gasteiger partial charge in [0.25, 0.3) is 5.91 Å². The van der Waals surface area contributed by atoms with Crippen molar-refractivity contribution in [1.82, 2.24) is 10.2 Å². The van der Waals surface area contributed by atoms with Crippen LogP contribution in [0.15, 0.2) is 66.7 Å². The average Bonchev–Trinajstić information content (AvgIpc) is 2.81. The molecule has 2 amide bonds. The van der Waals surface area contributed by atoms with E-state index in [0.717, 1.165) is 22.8 Å². The van der Waals surface area contributed by atoms with E-state index in [9.17, 15) is 9.59 Å². The van der Waals surface area contributed by atoms with Gasteiger partial charge in [0.1, 0.15) is 11.8 Å². The first-order valence-electron chi connectivity index (χ1n) is 10.8. The number of amides is 2. The minimum absolute atomic E-state index is 0.0318. The van der Waals surface area contributed by atoms with Gasteiger partial charge in [0.05, 0.1) is 0 Å². The highest BCUT2D eigenvalue weighted by Gasteiger charge is 2.27. The summed E-state index contributed by atoms with van der Waals surface area (Å²) in [5, 5.41) is 5.56. The van der Waals surface area contributed by atoms with Crippen LogP contribution in [0, 0.1) is 0 Å². The first-order valence-corrected chi connectivity index (χ1v) is 11.2. The number of hydrogen-bond donors (Lipinski definition) is 1. The Hall–Kier alpha value is -3.05. The fourth-order valence-corrected chi connectivity index (χ4v) is 3.50. The Kier molecular flexibility index (Phi) is 8.12. The number of carbonyl (C=O) groups is 2. The zero-order valence-electron chi connectivity index (χ0n) is 18.7. The lowest BCUT2D eigenvalue weighted by Crippen LogP contribution is -2.50. The summed E-state index contributed by atoms with van der Waals surface area (Å²) >= 11 is 6.00. The lowest BCUT2D eigenvalue weighted by molar-refractivity contribution is -0.142. The van der Waals surface area contributed by atoms with Gasteiger partial charge in [-0.3, -0.25) is 9.59 Å². The molecule has 5 nitrogen and oxygen atoms in total. The van der Waals surface area contributed by atoms with Crippen LogP contribution in [-0.2, 0) is 16.1 Å². The largest absolute Gasteiger partial charge is 0.483 e. The average molecular weight is 453 g/mol. The Bertz CT molecular complexity index is 1060. The number of nitrogens with one attached hydrogen (secondary N) is 1. The van der Waals surface area contributed by atoms with Crippen LogP contribution in [0.25, 0.3) is 10.8 Å². The molecule has 0 heterocycles. The van der Waals surface area contributed by atoms with Gasteiger partial charge in [-0.1, -0.05) is 67.1 Å². The number of rotatable bonds is 9. The second kappa shape index (κ2) is 11.0. The van der Waals surface area contributed by atoms with Gasteiger partial charge in [0.2, 0.25) is 5.91 Å². The lowest BCUT2D eigenvalue weighted by Gasteiger charge is -2.29. The first kappa shape index (κ1) is 23.6. The van der Waals surface area contributed by atoms with Crippen LogP contribution < -0.4 is 10.1 Å². The van der Waals surface area contributed by atoms with Gasteiger partial charge in [-0.15, -0.1) is 0 Å². The van der Waals surface area contributed by atoms with Crippen molar-refractivity contribution in [3.05, 3.63) is 77.3 Å². The molecule has 1 N–H and O–H groups in total. The van der Waals surface area contributed by atoms with Crippen LogP contribution in [-0.4, -0.2) is 35.4 Å². The third-order valence-electron chi connectivity index (χ3n) is 5.54. The number of fused-ring (bicyclic) bond motifs is 1. The monoisotopic (exact) mass is 452 g/mol. The van der Waals surface area contributed by atoms with E-state index in [1.165, 1.54) is 0 Å². The molecule has 3 rings (SSSR count). The fraction of sp³-hybridized carbons (Fsp3) is 0.308. The normalized spacial score (nSPS) is 12.8. The maximum Gasteiger partial charge on any atom is 0.261 e. The maximum absolute atomic E-state index is 13.2. The molecule has 0 bridgehead atoms. The lowest BCUT2D eigenvalue weighted by atomic mass is 10.1. The highest BCUT2D eigenvalue weighted by molar-refractivity contribution is 6.30. The minimum atomic E-state index is -0.650. The zero-order valence-corrected chi connectivity index (χ0v) is 19.4. The predicted molar refractivity (Wildman–Crippen MR) is 129 cm³/mol. The maximum atomic E-state index is 13.2. The summed E-state index contributed by atoms with van der Waals surface area (Å²) in [6.07, 6.45) is 0.813. The summed E-state index contributed by atoms with van der Waals surface area (Å²) < 4.78 is 5.91. The number of benzene rings is 3. The van der Waals surface area contributed by atoms with E-state index < -0.39 is 6.04 Å². The van der Waals surface area contributed by atoms with Crippen molar-refractivity contribution in [2.24, 2.45) is 0 Å². The van der Waals surface area contributed by atoms with Gasteiger partial charge in [0.15, 0.2) is 6.61 Å². The van der Waals surface area contributed by atoms with Gasteiger partial charge in [-0.05, 0) is 49.4 Å². The van der Waals surface area contributed by atoms with Crippen LogP contribution in [0.4, 0.5) is 0 Å². The molecule has 0 aromatic heterocycles. The van der Waals surface area contributed by atoms with E-state index in [-0.39, 0.29) is 31.0 Å². The highest BCUT2D eigenvalue weighted by atomic mass is 35.5. The summed E-state index contributed by atoms with van der Waals surface area (Å²) in [6, 6.07) is 20.2. The summed E-state index contributed by atoms with van der Waals surface area (Å²) in [5.41, 5.74) is 0.885. The van der Waals surface area contributed by atoms with Gasteiger partial charge in [0, 0.05) is 23.0 Å². The molecule has 0 saturated heterocycles. The van der Waals surface area contributed by atoms with Gasteiger partial charge in [-0.2, -0.15) is 0 Å². The number of carbonyl (C=O) groups excluding carboxylic acids is 2. The molecule has 32 heavy (non-hydrogen) atoms. The standard InChI is InChI=1S/C26H29ClN2O3/c1-4-18(2)28-26(31)19(3)29(16-20-12-14-22(27)15-13-20)25(30)17-32-24-11-7-9-21-8-5-6-10-23(21)24/h5-15,18-19H,4,16-17H2,1-3H3,(H,28,31)/t18-,19+/m1/s1. The van der Waals surface area contributed by atoms with E-state index in [4.69, 9.17) is 16.3 Å². The SMILES string of the molecule is CC[C@@H](C)NC(=O)[C@H](C)N(Cc1ccc(Cl)cc1)C(=O)COc1cccc2ccccc12. The molecule has 0 radical (unpaired) electrons. The Balaban J connectivity index is 1.78. The third-order valence-corrected chi connectivity index (χ3v) is 5.79. The molecule has 0 fully saturated rings. The van der Waals surface area contributed by atoms with E-state index >= 15 is 0 Å². The van der Waals surface area contributed by atoms with Crippen LogP contribution in [0.5, 0.6) is 5.75 Å². The quantitative estimate of drug-likeness (QED) is 0.485. The zero-order chi connectivity index (χ0) is 23.1. The van der Waals surface area contributed by atoms with Crippen molar-refractivity contribution in [2.45, 2.75) is 45.8 Å². The van der Waals surface area contributed by atoms with E-state index in [1.807, 2.05) is 68.4 Å². The Labute approximate surface area is 194 Å². The summed E-state index contributed by atoms with van der Waals surface area (Å²) in [4.78, 5) is 27.6. The molecular weight excluding hydrogens is 424 g/mol. The highest BCUT2D eigenvalue weighted by Crippen LogP contribution is 2.25. The molecule has 0 unspecified atom stereocenters. The summed E-state index contributed by atoms with van der Waals surface area (Å²) in [5.74, 6) is 0.186. The van der Waals surface area contributed by atoms with Gasteiger partial charge < -0.3 is 15.0 Å². The second-order valence-electron chi connectivity index (χ2n) is 7.91. The second-order valence-corrected chi connectivity index (χ2v) is 8.34. The van der Waals surface area contributed by atoms with Crippen molar-refractivity contribution in [3.63, 3.8) is 0 Å². The molecule has 3 aromatic rings. The van der Waals surface area contributed by atoms with Crippen LogP contribution in [0.1, 0.15) is 32.8 Å². The molecule has 0 saturated carbocycles. The fourth-order valence-electron chi connectivity index (χ4n) is 3.38. The number of nitrogens with zero attached hydrogens (tertiary/aromatic N) is 1. The number of hydrogen-bond acceptors (Lipinski definition) is 3. The molecule has 2 atom stereocenters. The van der Waals surface area contributed by atoms with Crippen LogP contribution >= 0.6 is 11.6 Å². The summed E-state index contributed by atoms with van der Waals surface area (Å²) in [6.45, 7) is 5.81. The Morgan fingerprint density at radius 2 is 1.69 bits per heavy atom. The molecule has 0 aliphatic rings. The number of ether oxygens (including phenoxy) is 1. The van der Waals surface area contributed by atoms with E-state index in [1.54, 1.807) is 24.0 Å². The van der Waals surface area contributed by atoms with E-state index in [0.29, 0.717) is 10.8 Å². The predicted octanol–water partition coefficient (Wildman–Crippen LogP) is 5.20. The topological polar surface area (TPSA) is 58.6 Å². The van der Waals surface area contributed by atoms with Crippen molar-refractivity contribution in [1.29, 1.82) is 0 Å². The number of halogens is 1. The molecule has 3 aromatic carbocycles. The Morgan fingerprint density at radius 3 is 2.41 bits per heavy atom. The van der Waals surface area contributed by atoms with Crippen LogP contribution in [0.3, 0.4) is 0 Å². The van der Waals surface area contributed by atoms with Crippen molar-refractivity contribution < 1.29 is 14.3 Å². The van der Waals surface area contributed by atoms with Gasteiger partial charge >= 0.3 is 0 Å². The molecule has 0 spiro atoms. The molecule has 6 heteroatoms. The smallest absolute Gasteiger partial charge is 0.261 e. The Morgan fingerprint density at radius 1 is 1.00 bits per heavy atom. The molecular formula is C26H29ClN2O3. The molecule has 168 valence electrons. The van der Waals surface area contributed by atoms with Crippen LogP contribution in [0.2, 0.25) is 5.02 Å². The molecule has 0 aliphatic carbocycles. The third kappa shape index (κ3) is 6.01. The summed E-state index contributed by atoms with van der Waals surface area (Å²) in [7, 11) is 0. The van der Waals surface area contributed by atoms with Crippen molar-refractivity contribution >= 4 is 34.2 Å². The van der Waals surface area contributed by atoms with Crippen molar-refractivity contribution in [2.75, 3.05) is 6.61 Å². The van der Waals surface area contributed by atoms with Gasteiger partial charge in [-0.25, -0.2) is 0 Å². The van der Waals surface area contributed by atoms with Crippen molar-refractivity contribution in [3.8, 4) is 5.75 Å².